The molecule has 118 valence electrons. The SMILES string of the molecule is CCC(C)(CCO)NS(=O)(=O)c1cc(C(=O)O)ccc1Cl. The van der Waals surface area contributed by atoms with Gasteiger partial charge in [0.1, 0.15) is 4.90 Å². The Morgan fingerprint density at radius 1 is 1.43 bits per heavy atom. The van der Waals surface area contributed by atoms with Crippen LogP contribution in [0.3, 0.4) is 0 Å². The third kappa shape index (κ3) is 4.41. The molecule has 0 bridgehead atoms. The predicted octanol–water partition coefficient (Wildman–Crippen LogP) is 1.87. The molecule has 1 unspecified atom stereocenters. The summed E-state index contributed by atoms with van der Waals surface area (Å²) in [6.45, 7) is 3.28. The van der Waals surface area contributed by atoms with E-state index in [1.54, 1.807) is 13.8 Å². The standard InChI is InChI=1S/C13H18ClNO5S/c1-3-13(2,6-7-16)15-21(19,20)11-8-9(12(17)18)4-5-10(11)14/h4-5,8,15-16H,3,6-7H2,1-2H3,(H,17,18). The van der Waals surface area contributed by atoms with Gasteiger partial charge in [0.2, 0.25) is 10.0 Å². The maximum absolute atomic E-state index is 12.4. The minimum atomic E-state index is -4.00. The third-order valence-electron chi connectivity index (χ3n) is 3.29. The summed E-state index contributed by atoms with van der Waals surface area (Å²) < 4.78 is 27.3. The predicted molar refractivity (Wildman–Crippen MR) is 79.1 cm³/mol. The van der Waals surface area contributed by atoms with Crippen molar-refractivity contribution < 1.29 is 23.4 Å². The minimum Gasteiger partial charge on any atom is -0.478 e. The highest BCUT2D eigenvalue weighted by Gasteiger charge is 2.30. The summed E-state index contributed by atoms with van der Waals surface area (Å²) in [7, 11) is -4.00. The second-order valence-electron chi connectivity index (χ2n) is 4.94. The van der Waals surface area contributed by atoms with E-state index in [2.05, 4.69) is 4.72 Å². The molecule has 0 spiro atoms. The Bertz CT molecular complexity index is 631. The molecule has 0 aliphatic rings. The maximum Gasteiger partial charge on any atom is 0.335 e. The van der Waals surface area contributed by atoms with E-state index in [0.717, 1.165) is 6.07 Å². The number of carboxylic acid groups (broad SMARTS) is 1. The zero-order valence-electron chi connectivity index (χ0n) is 11.8. The van der Waals surface area contributed by atoms with Crippen LogP contribution in [0.2, 0.25) is 5.02 Å². The topological polar surface area (TPSA) is 104 Å². The molecule has 21 heavy (non-hydrogen) atoms. The van der Waals surface area contributed by atoms with E-state index in [1.807, 2.05) is 0 Å². The quantitative estimate of drug-likeness (QED) is 0.705. The highest BCUT2D eigenvalue weighted by molar-refractivity contribution is 7.89. The lowest BCUT2D eigenvalue weighted by atomic mass is 9.97. The molecule has 0 amide bonds. The van der Waals surface area contributed by atoms with E-state index in [9.17, 15) is 13.2 Å². The fourth-order valence-corrected chi connectivity index (χ4v) is 3.80. The molecule has 1 aromatic carbocycles. The number of aliphatic hydroxyl groups excluding tert-OH is 1. The van der Waals surface area contributed by atoms with E-state index in [0.29, 0.717) is 6.42 Å². The molecule has 8 heteroatoms. The maximum atomic E-state index is 12.4. The molecular weight excluding hydrogens is 318 g/mol. The Morgan fingerprint density at radius 3 is 2.52 bits per heavy atom. The number of benzene rings is 1. The van der Waals surface area contributed by atoms with Gasteiger partial charge >= 0.3 is 5.97 Å². The Kier molecular flexibility index (Phi) is 5.75. The smallest absolute Gasteiger partial charge is 0.335 e. The summed E-state index contributed by atoms with van der Waals surface area (Å²) in [6, 6.07) is 3.48. The molecule has 1 atom stereocenters. The second-order valence-corrected chi connectivity index (χ2v) is 7.00. The number of aromatic carboxylic acids is 1. The van der Waals surface area contributed by atoms with Gasteiger partial charge in [0.15, 0.2) is 0 Å². The molecule has 0 fully saturated rings. The van der Waals surface area contributed by atoms with E-state index in [4.69, 9.17) is 21.8 Å². The van der Waals surface area contributed by atoms with Crippen molar-refractivity contribution in [3.8, 4) is 0 Å². The van der Waals surface area contributed by atoms with E-state index < -0.39 is 21.5 Å². The first-order valence-electron chi connectivity index (χ1n) is 6.33. The van der Waals surface area contributed by atoms with Gasteiger partial charge in [-0.25, -0.2) is 17.9 Å². The molecule has 0 saturated carbocycles. The van der Waals surface area contributed by atoms with Crippen molar-refractivity contribution in [2.75, 3.05) is 6.61 Å². The van der Waals surface area contributed by atoms with Crippen LogP contribution < -0.4 is 4.72 Å². The lowest BCUT2D eigenvalue weighted by molar-refractivity contribution is 0.0696. The Balaban J connectivity index is 3.25. The zero-order chi connectivity index (χ0) is 16.3. The van der Waals surface area contributed by atoms with Crippen molar-refractivity contribution in [2.45, 2.75) is 37.1 Å². The first-order chi connectivity index (χ1) is 9.65. The highest BCUT2D eigenvalue weighted by Crippen LogP contribution is 2.25. The fourth-order valence-electron chi connectivity index (χ4n) is 1.77. The van der Waals surface area contributed by atoms with Crippen LogP contribution in [0.15, 0.2) is 23.1 Å². The molecule has 0 aliphatic carbocycles. The second kappa shape index (κ2) is 6.74. The van der Waals surface area contributed by atoms with Gasteiger partial charge < -0.3 is 10.2 Å². The minimum absolute atomic E-state index is 0.0602. The number of hydrogen-bond donors (Lipinski definition) is 3. The average molecular weight is 336 g/mol. The van der Waals surface area contributed by atoms with Gasteiger partial charge in [-0.15, -0.1) is 0 Å². The molecule has 3 N–H and O–H groups in total. The van der Waals surface area contributed by atoms with Gasteiger partial charge in [-0.2, -0.15) is 0 Å². The van der Waals surface area contributed by atoms with Gasteiger partial charge in [-0.05, 0) is 38.0 Å². The number of halogens is 1. The average Bonchev–Trinajstić information content (AvgIpc) is 2.38. The van der Waals surface area contributed by atoms with Crippen molar-refractivity contribution in [1.82, 2.24) is 4.72 Å². The van der Waals surface area contributed by atoms with Crippen LogP contribution in [-0.2, 0) is 10.0 Å². The number of rotatable bonds is 7. The molecular formula is C13H18ClNO5S. The van der Waals surface area contributed by atoms with Crippen LogP contribution in [0, 0.1) is 0 Å². The summed E-state index contributed by atoms with van der Waals surface area (Å²) in [5.41, 5.74) is -1.00. The molecule has 0 aliphatic heterocycles. The lowest BCUT2D eigenvalue weighted by Crippen LogP contribution is -2.46. The number of carboxylic acids is 1. The Labute approximate surface area is 128 Å². The lowest BCUT2D eigenvalue weighted by Gasteiger charge is -2.28. The van der Waals surface area contributed by atoms with Crippen LogP contribution in [-0.4, -0.2) is 36.7 Å². The van der Waals surface area contributed by atoms with Gasteiger partial charge in [-0.3, -0.25) is 0 Å². The molecule has 1 aromatic rings. The first kappa shape index (κ1) is 17.9. The summed E-state index contributed by atoms with van der Waals surface area (Å²) in [6.07, 6.45) is 0.696. The largest absolute Gasteiger partial charge is 0.478 e. The van der Waals surface area contributed by atoms with Crippen molar-refractivity contribution in [2.24, 2.45) is 0 Å². The van der Waals surface area contributed by atoms with Crippen molar-refractivity contribution in [3.05, 3.63) is 28.8 Å². The monoisotopic (exact) mass is 335 g/mol. The van der Waals surface area contributed by atoms with E-state index in [1.165, 1.54) is 12.1 Å². The fraction of sp³-hybridized carbons (Fsp3) is 0.462. The zero-order valence-corrected chi connectivity index (χ0v) is 13.3. The van der Waals surface area contributed by atoms with Crippen LogP contribution >= 0.6 is 11.6 Å². The highest BCUT2D eigenvalue weighted by atomic mass is 35.5. The van der Waals surface area contributed by atoms with Crippen LogP contribution in [0.4, 0.5) is 0 Å². The van der Waals surface area contributed by atoms with Gasteiger partial charge in [-0.1, -0.05) is 18.5 Å². The number of carbonyl (C=O) groups is 1. The van der Waals surface area contributed by atoms with Crippen molar-refractivity contribution >= 4 is 27.6 Å². The van der Waals surface area contributed by atoms with E-state index >= 15 is 0 Å². The van der Waals surface area contributed by atoms with Gasteiger partial charge in [0, 0.05) is 12.1 Å². The number of nitrogens with one attached hydrogen (secondary N) is 1. The van der Waals surface area contributed by atoms with E-state index in [-0.39, 0.29) is 28.5 Å². The van der Waals surface area contributed by atoms with Crippen molar-refractivity contribution in [3.63, 3.8) is 0 Å². The van der Waals surface area contributed by atoms with Gasteiger partial charge in [0.25, 0.3) is 0 Å². The normalized spacial score (nSPS) is 14.7. The summed E-state index contributed by atoms with van der Waals surface area (Å²) in [5, 5.41) is 17.9. The first-order valence-corrected chi connectivity index (χ1v) is 8.19. The Morgan fingerprint density at radius 2 is 2.05 bits per heavy atom. The molecule has 0 radical (unpaired) electrons. The molecule has 6 nitrogen and oxygen atoms in total. The summed E-state index contributed by atoms with van der Waals surface area (Å²) >= 11 is 5.87. The molecule has 0 heterocycles. The third-order valence-corrected chi connectivity index (χ3v) is 5.41. The van der Waals surface area contributed by atoms with Gasteiger partial charge in [0.05, 0.1) is 10.6 Å². The van der Waals surface area contributed by atoms with Crippen molar-refractivity contribution in [1.29, 1.82) is 0 Å². The van der Waals surface area contributed by atoms with Crippen LogP contribution in [0.25, 0.3) is 0 Å². The summed E-state index contributed by atoms with van der Waals surface area (Å²) in [5.74, 6) is -1.24. The number of sulfonamides is 1. The molecule has 0 saturated heterocycles. The molecule has 0 aromatic heterocycles. The van der Waals surface area contributed by atoms with Crippen LogP contribution in [0.1, 0.15) is 37.0 Å². The Hall–Kier alpha value is -1.15. The van der Waals surface area contributed by atoms with Crippen LogP contribution in [0.5, 0.6) is 0 Å². The summed E-state index contributed by atoms with van der Waals surface area (Å²) in [4.78, 5) is 10.7. The molecule has 1 rings (SSSR count). The number of hydrogen-bond acceptors (Lipinski definition) is 4. The number of aliphatic hydroxyl groups is 1.